The van der Waals surface area contributed by atoms with Crippen molar-refractivity contribution in [2.24, 2.45) is 0 Å². The Morgan fingerprint density at radius 3 is 1.36 bits per heavy atom. The van der Waals surface area contributed by atoms with Crippen LogP contribution in [0.5, 0.6) is 0 Å². The predicted molar refractivity (Wildman–Crippen MR) is 314 cm³/mol. The molecule has 0 aliphatic heterocycles. The first-order valence-corrected chi connectivity index (χ1v) is 26.0. The number of nitrogens with zero attached hydrogens (tertiary/aromatic N) is 5. The van der Waals surface area contributed by atoms with Gasteiger partial charge in [0.25, 0.3) is 0 Å². The van der Waals surface area contributed by atoms with Crippen LogP contribution in [0.15, 0.2) is 264 Å². The molecule has 10 aromatic carbocycles. The molecule has 5 heterocycles. The minimum Gasteiger partial charge on any atom is -0.455 e. The zero-order chi connectivity index (χ0) is 51.2. The van der Waals surface area contributed by atoms with Gasteiger partial charge in [0.2, 0.25) is 11.2 Å². The third-order valence-corrected chi connectivity index (χ3v) is 14.5. The van der Waals surface area contributed by atoms with E-state index in [9.17, 15) is 0 Å². The van der Waals surface area contributed by atoms with Crippen molar-refractivity contribution >= 4 is 77.3 Å². The van der Waals surface area contributed by atoms with Gasteiger partial charge >= 0.3 is 0 Å². The largest absolute Gasteiger partial charge is 0.455 e. The highest BCUT2D eigenvalue weighted by Gasteiger charge is 2.24. The molecule has 1 aliphatic rings. The fourth-order valence-electron chi connectivity index (χ4n) is 10.8. The molecule has 0 spiro atoms. The average molecular weight is 1010 g/mol. The first-order valence-electron chi connectivity index (χ1n) is 25.6. The van der Waals surface area contributed by atoms with Crippen molar-refractivity contribution in [3.63, 3.8) is 0 Å². The Morgan fingerprint density at radius 2 is 0.792 bits per heavy atom. The summed E-state index contributed by atoms with van der Waals surface area (Å²) in [6, 6.07) is 86.8. The first kappa shape index (κ1) is 45.6. The fourth-order valence-corrected chi connectivity index (χ4v) is 11.0. The summed E-state index contributed by atoms with van der Waals surface area (Å²) in [5, 5.41) is 7.10. The van der Waals surface area contributed by atoms with Gasteiger partial charge in [0.05, 0.1) is 39.2 Å². The second-order valence-corrected chi connectivity index (χ2v) is 19.3. The van der Waals surface area contributed by atoms with E-state index in [1.807, 2.05) is 127 Å². The van der Waals surface area contributed by atoms with Crippen molar-refractivity contribution in [2.75, 3.05) is 0 Å². The molecule has 0 unspecified atom stereocenters. The van der Waals surface area contributed by atoms with Gasteiger partial charge in [0.1, 0.15) is 22.3 Å². The lowest BCUT2D eigenvalue weighted by Gasteiger charge is -2.11. The van der Waals surface area contributed by atoms with Gasteiger partial charge in [-0.05, 0) is 77.2 Å². The number of benzene rings is 10. The smallest absolute Gasteiger partial charge is 0.235 e. The SMILES string of the molecule is Clc1nc(-c2ccccc2)cc(-c2ccccc2)n1.c1ccc(-c2cc(-c3ccccc3)nc(-n3c4ccccc4c4c5oc6ccccc6c5ccc43)n2)cc1.c1ccc2c(c1)Cc1ccc3c(oc4ccccc43)c1-2. The first-order chi connectivity index (χ1) is 38.1. The number of hydrogen-bond acceptors (Lipinski definition) is 6. The second-order valence-electron chi connectivity index (χ2n) is 19.0. The quantitative estimate of drug-likeness (QED) is 0.160. The summed E-state index contributed by atoms with van der Waals surface area (Å²) >= 11 is 6.03. The summed E-state index contributed by atoms with van der Waals surface area (Å²) in [6.07, 6.45) is 1.01. The third-order valence-electron chi connectivity index (χ3n) is 14.4. The molecule has 0 N–H and O–H groups in total. The molecule has 8 heteroatoms. The summed E-state index contributed by atoms with van der Waals surface area (Å²) in [6.45, 7) is 0. The summed E-state index contributed by atoms with van der Waals surface area (Å²) in [7, 11) is 0. The maximum absolute atomic E-state index is 6.45. The van der Waals surface area contributed by atoms with E-state index < -0.39 is 0 Å². The molecular weight excluding hydrogens is 966 g/mol. The molecular formula is C69H44ClN5O2. The number of fused-ring (bicyclic) bond motifs is 14. The molecule has 0 amide bonds. The highest BCUT2D eigenvalue weighted by Crippen LogP contribution is 2.45. The van der Waals surface area contributed by atoms with E-state index in [0.29, 0.717) is 5.95 Å². The second kappa shape index (κ2) is 19.4. The predicted octanol–water partition coefficient (Wildman–Crippen LogP) is 18.4. The lowest BCUT2D eigenvalue weighted by molar-refractivity contribution is 0.670. The molecule has 0 bridgehead atoms. The number of aromatic nitrogens is 5. The standard InChI is InChI=1S/C34H21N3O.C19H12O.C16H11ClN2/c1-3-11-22(12-4-1)27-21-28(23-13-5-2-6-14-23)36-34(35-27)37-29-17-9-7-16-26(29)32-30(37)20-19-25-24-15-8-10-18-31(24)38-33(25)32;1-2-6-14-12(5-1)11-13-9-10-16-15-7-3-4-8-17(15)20-19(16)18(13)14;17-16-18-14(12-7-3-1-4-8-12)11-15(19-16)13-9-5-2-6-10-13/h1-21H;1-10H,11H2;1-11H. The maximum Gasteiger partial charge on any atom is 0.235 e. The van der Waals surface area contributed by atoms with Crippen LogP contribution in [-0.4, -0.2) is 24.5 Å². The number of para-hydroxylation sites is 3. The zero-order valence-corrected chi connectivity index (χ0v) is 42.1. The van der Waals surface area contributed by atoms with Gasteiger partial charge in [-0.1, -0.05) is 212 Å². The lowest BCUT2D eigenvalue weighted by atomic mass is 10.0. The number of furan rings is 2. The van der Waals surface area contributed by atoms with Crippen LogP contribution in [0, 0.1) is 0 Å². The van der Waals surface area contributed by atoms with E-state index in [0.717, 1.165) is 106 Å². The zero-order valence-electron chi connectivity index (χ0n) is 41.4. The summed E-state index contributed by atoms with van der Waals surface area (Å²) in [4.78, 5) is 18.8. The molecule has 15 aromatic rings. The Labute approximate surface area is 448 Å². The van der Waals surface area contributed by atoms with Crippen molar-refractivity contribution in [1.82, 2.24) is 24.5 Å². The summed E-state index contributed by atoms with van der Waals surface area (Å²) in [5.41, 5.74) is 18.8. The van der Waals surface area contributed by atoms with Crippen molar-refractivity contribution in [1.29, 1.82) is 0 Å². The van der Waals surface area contributed by atoms with Crippen molar-refractivity contribution < 1.29 is 8.83 Å². The Balaban J connectivity index is 0.000000116. The fraction of sp³-hybridized carbons (Fsp3) is 0.0145. The third kappa shape index (κ3) is 8.36. The molecule has 0 saturated carbocycles. The van der Waals surface area contributed by atoms with E-state index in [1.165, 1.54) is 33.0 Å². The number of rotatable bonds is 5. The Hall–Kier alpha value is -9.95. The molecule has 364 valence electrons. The maximum atomic E-state index is 6.45. The van der Waals surface area contributed by atoms with Crippen LogP contribution >= 0.6 is 11.6 Å². The van der Waals surface area contributed by atoms with E-state index >= 15 is 0 Å². The van der Waals surface area contributed by atoms with Crippen molar-refractivity contribution in [2.45, 2.75) is 6.42 Å². The molecule has 16 rings (SSSR count). The van der Waals surface area contributed by atoms with Crippen LogP contribution in [0.25, 0.3) is 128 Å². The van der Waals surface area contributed by atoms with E-state index in [-0.39, 0.29) is 5.28 Å². The van der Waals surface area contributed by atoms with Crippen molar-refractivity contribution in [3.8, 4) is 62.1 Å². The van der Waals surface area contributed by atoms with Crippen LogP contribution in [-0.2, 0) is 6.42 Å². The van der Waals surface area contributed by atoms with Gasteiger partial charge in [0.15, 0.2) is 0 Å². The minimum absolute atomic E-state index is 0.264. The summed E-state index contributed by atoms with van der Waals surface area (Å²) in [5.74, 6) is 0.631. The highest BCUT2D eigenvalue weighted by molar-refractivity contribution is 6.28. The van der Waals surface area contributed by atoms with E-state index in [2.05, 4.69) is 142 Å². The number of halogens is 1. The van der Waals surface area contributed by atoms with Crippen molar-refractivity contribution in [3.05, 3.63) is 271 Å². The normalized spacial score (nSPS) is 11.6. The Bertz CT molecular complexity index is 4550. The monoisotopic (exact) mass is 1010 g/mol. The van der Waals surface area contributed by atoms with Crippen LogP contribution in [0.4, 0.5) is 0 Å². The van der Waals surface area contributed by atoms with Gasteiger partial charge in [-0.25, -0.2) is 19.9 Å². The molecule has 0 saturated heterocycles. The van der Waals surface area contributed by atoms with Gasteiger partial charge < -0.3 is 8.83 Å². The number of hydrogen-bond donors (Lipinski definition) is 0. The van der Waals surface area contributed by atoms with E-state index in [4.69, 9.17) is 30.4 Å². The molecule has 0 atom stereocenters. The van der Waals surface area contributed by atoms with Gasteiger partial charge in [-0.2, -0.15) is 0 Å². The van der Waals surface area contributed by atoms with Gasteiger partial charge in [-0.3, -0.25) is 4.57 Å². The van der Waals surface area contributed by atoms with Gasteiger partial charge in [-0.15, -0.1) is 0 Å². The van der Waals surface area contributed by atoms with Crippen LogP contribution in [0.1, 0.15) is 11.1 Å². The molecule has 77 heavy (non-hydrogen) atoms. The Morgan fingerprint density at radius 1 is 0.351 bits per heavy atom. The lowest BCUT2D eigenvalue weighted by Crippen LogP contribution is -2.03. The minimum atomic E-state index is 0.264. The highest BCUT2D eigenvalue weighted by atomic mass is 35.5. The molecule has 0 fully saturated rings. The molecule has 5 aromatic heterocycles. The topological polar surface area (TPSA) is 82.8 Å². The van der Waals surface area contributed by atoms with E-state index in [1.54, 1.807) is 0 Å². The molecule has 7 nitrogen and oxygen atoms in total. The molecule has 1 aliphatic carbocycles. The van der Waals surface area contributed by atoms with Crippen LogP contribution in [0.3, 0.4) is 0 Å². The van der Waals surface area contributed by atoms with Crippen LogP contribution in [0.2, 0.25) is 5.28 Å². The summed E-state index contributed by atoms with van der Waals surface area (Å²) < 4.78 is 14.8. The van der Waals surface area contributed by atoms with Gasteiger partial charge in [0, 0.05) is 54.7 Å². The average Bonchev–Trinajstić information content (AvgIpc) is 4.44. The van der Waals surface area contributed by atoms with Crippen LogP contribution < -0.4 is 0 Å². The molecule has 0 radical (unpaired) electrons. The Kier molecular flexibility index (Phi) is 11.5.